The van der Waals surface area contributed by atoms with Gasteiger partial charge in [-0.15, -0.1) is 0 Å². The van der Waals surface area contributed by atoms with Crippen LogP contribution >= 0.6 is 0 Å². The van der Waals surface area contributed by atoms with E-state index in [1.807, 2.05) is 48.5 Å². The zero-order valence-electron chi connectivity index (χ0n) is 12.3. The van der Waals surface area contributed by atoms with Gasteiger partial charge in [0.1, 0.15) is 5.25 Å². The number of sulfonamides is 1. The number of hydrogen-bond acceptors (Lipinski definition) is 4. The molecule has 6 nitrogen and oxygen atoms in total. The molecule has 0 bridgehead atoms. The fourth-order valence-electron chi connectivity index (χ4n) is 2.62. The largest absolute Gasteiger partial charge is 0.354 e. The number of carbonyl (C=O) groups excluding carboxylic acids is 1. The molecule has 3 rings (SSSR count). The molecular weight excluding hydrogens is 314 g/mol. The third-order valence-corrected chi connectivity index (χ3v) is 5.05. The molecule has 1 aliphatic rings. The Kier molecular flexibility index (Phi) is 4.06. The SMILES string of the molecule is NS(=O)(=O)C1CC(=O)N(c2ccccc2Nc2ccccc2)C1. The molecule has 23 heavy (non-hydrogen) atoms. The van der Waals surface area contributed by atoms with Crippen molar-refractivity contribution in [2.45, 2.75) is 11.7 Å². The van der Waals surface area contributed by atoms with Gasteiger partial charge in [-0.2, -0.15) is 0 Å². The number of nitrogens with zero attached hydrogens (tertiary/aromatic N) is 1. The van der Waals surface area contributed by atoms with Crippen molar-refractivity contribution in [3.63, 3.8) is 0 Å². The molecule has 1 unspecified atom stereocenters. The molecule has 0 aliphatic carbocycles. The summed E-state index contributed by atoms with van der Waals surface area (Å²) in [6.07, 6.45) is -0.0848. The molecule has 1 saturated heterocycles. The second kappa shape index (κ2) is 6.02. The van der Waals surface area contributed by atoms with Crippen molar-refractivity contribution in [1.82, 2.24) is 0 Å². The number of nitrogens with two attached hydrogens (primary N) is 1. The quantitative estimate of drug-likeness (QED) is 0.894. The molecule has 2 aromatic rings. The summed E-state index contributed by atoms with van der Waals surface area (Å²) in [6.45, 7) is 0.0746. The molecule has 120 valence electrons. The summed E-state index contributed by atoms with van der Waals surface area (Å²) < 4.78 is 23.0. The van der Waals surface area contributed by atoms with Gasteiger partial charge in [0, 0.05) is 18.7 Å². The summed E-state index contributed by atoms with van der Waals surface area (Å²) in [6, 6.07) is 16.8. The normalized spacial score (nSPS) is 18.2. The van der Waals surface area contributed by atoms with Gasteiger partial charge in [-0.3, -0.25) is 4.79 Å². The highest BCUT2D eigenvalue weighted by molar-refractivity contribution is 7.89. The minimum Gasteiger partial charge on any atom is -0.354 e. The van der Waals surface area contributed by atoms with E-state index in [4.69, 9.17) is 5.14 Å². The van der Waals surface area contributed by atoms with Crippen molar-refractivity contribution < 1.29 is 13.2 Å². The maximum atomic E-state index is 12.2. The number of amides is 1. The van der Waals surface area contributed by atoms with Crippen molar-refractivity contribution >= 4 is 33.0 Å². The third kappa shape index (κ3) is 3.35. The summed E-state index contributed by atoms with van der Waals surface area (Å²) in [4.78, 5) is 13.7. The van der Waals surface area contributed by atoms with Gasteiger partial charge in [0.05, 0.1) is 11.4 Å². The second-order valence-corrected chi connectivity index (χ2v) is 7.27. The highest BCUT2D eigenvalue weighted by atomic mass is 32.2. The van der Waals surface area contributed by atoms with Crippen molar-refractivity contribution in [2.24, 2.45) is 5.14 Å². The Morgan fingerprint density at radius 3 is 2.35 bits per heavy atom. The first kappa shape index (κ1) is 15.5. The van der Waals surface area contributed by atoms with Crippen molar-refractivity contribution in [1.29, 1.82) is 0 Å². The molecule has 0 saturated carbocycles. The van der Waals surface area contributed by atoms with Crippen LogP contribution in [0.2, 0.25) is 0 Å². The van der Waals surface area contributed by atoms with Crippen LogP contribution in [0.15, 0.2) is 54.6 Å². The summed E-state index contributed by atoms with van der Waals surface area (Å²) >= 11 is 0. The molecule has 2 aromatic carbocycles. The predicted octanol–water partition coefficient (Wildman–Crippen LogP) is 1.82. The molecule has 1 fully saturated rings. The molecule has 3 N–H and O–H groups in total. The monoisotopic (exact) mass is 331 g/mol. The zero-order chi connectivity index (χ0) is 16.4. The number of primary sulfonamides is 1. The Bertz CT molecular complexity index is 821. The average Bonchev–Trinajstić information content (AvgIpc) is 2.91. The Morgan fingerprint density at radius 1 is 1.04 bits per heavy atom. The van der Waals surface area contributed by atoms with E-state index in [2.05, 4.69) is 5.32 Å². The topological polar surface area (TPSA) is 92.5 Å². The Balaban J connectivity index is 1.90. The first-order valence-corrected chi connectivity index (χ1v) is 8.79. The maximum Gasteiger partial charge on any atom is 0.228 e. The molecule has 1 heterocycles. The number of nitrogens with one attached hydrogen (secondary N) is 1. The van der Waals surface area contributed by atoms with Gasteiger partial charge in [-0.25, -0.2) is 13.6 Å². The number of para-hydroxylation sites is 3. The Morgan fingerprint density at radius 2 is 1.70 bits per heavy atom. The molecule has 1 atom stereocenters. The lowest BCUT2D eigenvalue weighted by molar-refractivity contribution is -0.117. The molecule has 1 amide bonds. The van der Waals surface area contributed by atoms with Crippen LogP contribution in [0.25, 0.3) is 0 Å². The summed E-state index contributed by atoms with van der Waals surface area (Å²) in [5.74, 6) is -0.244. The molecular formula is C16H17N3O3S. The molecule has 0 spiro atoms. The van der Waals surface area contributed by atoms with Crippen LogP contribution in [-0.4, -0.2) is 26.1 Å². The summed E-state index contributed by atoms with van der Waals surface area (Å²) in [7, 11) is -3.73. The standard InChI is InChI=1S/C16H17N3O3S/c17-23(21,22)13-10-16(20)19(11-13)15-9-5-4-8-14(15)18-12-6-2-1-3-7-12/h1-9,13,18H,10-11H2,(H2,17,21,22). The summed E-state index contributed by atoms with van der Waals surface area (Å²) in [5, 5.41) is 7.57. The van der Waals surface area contributed by atoms with Crippen molar-refractivity contribution in [3.8, 4) is 0 Å². The van der Waals surface area contributed by atoms with E-state index >= 15 is 0 Å². The number of rotatable bonds is 4. The number of carbonyl (C=O) groups is 1. The number of anilines is 3. The van der Waals surface area contributed by atoms with Gasteiger partial charge in [0.2, 0.25) is 15.9 Å². The van der Waals surface area contributed by atoms with Crippen LogP contribution in [0.5, 0.6) is 0 Å². The minimum absolute atomic E-state index is 0.0746. The van der Waals surface area contributed by atoms with Crippen LogP contribution in [0.4, 0.5) is 17.1 Å². The highest BCUT2D eigenvalue weighted by Crippen LogP contribution is 2.32. The van der Waals surface area contributed by atoms with Crippen LogP contribution in [0.3, 0.4) is 0 Å². The lowest BCUT2D eigenvalue weighted by atomic mass is 10.2. The molecule has 1 aliphatic heterocycles. The third-order valence-electron chi connectivity index (χ3n) is 3.80. The van der Waals surface area contributed by atoms with E-state index in [1.165, 1.54) is 4.90 Å². The lowest BCUT2D eigenvalue weighted by Crippen LogP contribution is -2.32. The fraction of sp³-hybridized carbons (Fsp3) is 0.188. The summed E-state index contributed by atoms with van der Waals surface area (Å²) in [5.41, 5.74) is 2.27. The average molecular weight is 331 g/mol. The first-order chi connectivity index (χ1) is 10.9. The first-order valence-electron chi connectivity index (χ1n) is 7.18. The molecule has 0 radical (unpaired) electrons. The van der Waals surface area contributed by atoms with Crippen LogP contribution in [0.1, 0.15) is 6.42 Å². The zero-order valence-corrected chi connectivity index (χ0v) is 13.2. The van der Waals surface area contributed by atoms with E-state index in [9.17, 15) is 13.2 Å². The van der Waals surface area contributed by atoms with Gasteiger partial charge in [-0.1, -0.05) is 30.3 Å². The van der Waals surface area contributed by atoms with Gasteiger partial charge >= 0.3 is 0 Å². The highest BCUT2D eigenvalue weighted by Gasteiger charge is 2.37. The van der Waals surface area contributed by atoms with E-state index in [0.29, 0.717) is 5.69 Å². The van der Waals surface area contributed by atoms with E-state index < -0.39 is 15.3 Å². The van der Waals surface area contributed by atoms with E-state index in [-0.39, 0.29) is 18.9 Å². The molecule has 0 aromatic heterocycles. The van der Waals surface area contributed by atoms with Gasteiger partial charge in [0.25, 0.3) is 0 Å². The Hall–Kier alpha value is -2.38. The minimum atomic E-state index is -3.73. The maximum absolute atomic E-state index is 12.2. The van der Waals surface area contributed by atoms with Crippen LogP contribution < -0.4 is 15.4 Å². The van der Waals surface area contributed by atoms with Crippen LogP contribution in [-0.2, 0) is 14.8 Å². The smallest absolute Gasteiger partial charge is 0.228 e. The fourth-order valence-corrected chi connectivity index (χ4v) is 3.35. The van der Waals surface area contributed by atoms with Crippen molar-refractivity contribution in [2.75, 3.05) is 16.8 Å². The number of hydrogen-bond donors (Lipinski definition) is 2. The number of benzene rings is 2. The van der Waals surface area contributed by atoms with Gasteiger partial charge in [-0.05, 0) is 24.3 Å². The van der Waals surface area contributed by atoms with Crippen LogP contribution in [0, 0.1) is 0 Å². The van der Waals surface area contributed by atoms with Crippen molar-refractivity contribution in [3.05, 3.63) is 54.6 Å². The second-order valence-electron chi connectivity index (χ2n) is 5.43. The predicted molar refractivity (Wildman–Crippen MR) is 90.0 cm³/mol. The van der Waals surface area contributed by atoms with Gasteiger partial charge in [0.15, 0.2) is 0 Å². The van der Waals surface area contributed by atoms with Gasteiger partial charge < -0.3 is 10.2 Å². The van der Waals surface area contributed by atoms with E-state index in [0.717, 1.165) is 11.4 Å². The van der Waals surface area contributed by atoms with E-state index in [1.54, 1.807) is 6.07 Å². The molecule has 7 heteroatoms. The lowest BCUT2D eigenvalue weighted by Gasteiger charge is -2.21. The Labute approximate surface area is 135 Å².